The molecule has 3 atom stereocenters. The van der Waals surface area contributed by atoms with Gasteiger partial charge in [-0.3, -0.25) is 24.0 Å². The Morgan fingerprint density at radius 3 is 2.23 bits per heavy atom. The number of H-pyrrole nitrogens is 1. The molecule has 0 aliphatic rings. The first-order chi connectivity index (χ1) is 16.5. The Morgan fingerprint density at radius 2 is 1.60 bits per heavy atom. The van der Waals surface area contributed by atoms with Gasteiger partial charge in [-0.15, -0.1) is 0 Å². The number of para-hydroxylation sites is 1. The van der Waals surface area contributed by atoms with Crippen LogP contribution in [-0.4, -0.2) is 69.5 Å². The summed E-state index contributed by atoms with van der Waals surface area (Å²) in [6.07, 6.45) is 1.42. The van der Waals surface area contributed by atoms with E-state index in [-0.39, 0.29) is 18.8 Å². The minimum absolute atomic E-state index is 0.0327. The van der Waals surface area contributed by atoms with Crippen molar-refractivity contribution in [1.29, 1.82) is 0 Å². The van der Waals surface area contributed by atoms with E-state index in [0.29, 0.717) is 0 Å². The lowest BCUT2D eigenvalue weighted by Crippen LogP contribution is -2.56. The number of aliphatic carboxylic acids is 2. The topological polar surface area (TPSA) is 204 Å². The van der Waals surface area contributed by atoms with Gasteiger partial charge in [0.05, 0.1) is 12.5 Å². The summed E-state index contributed by atoms with van der Waals surface area (Å²) in [5, 5.41) is 25.7. The Labute approximate surface area is 201 Å². The van der Waals surface area contributed by atoms with Crippen molar-refractivity contribution in [2.45, 2.75) is 51.2 Å². The van der Waals surface area contributed by atoms with Crippen molar-refractivity contribution in [2.75, 3.05) is 6.54 Å². The number of hydrogen-bond donors (Lipinski definition) is 7. The molecule has 1 aromatic carbocycles. The highest BCUT2D eigenvalue weighted by Crippen LogP contribution is 2.19. The Morgan fingerprint density at radius 1 is 0.943 bits per heavy atom. The highest BCUT2D eigenvalue weighted by atomic mass is 16.4. The van der Waals surface area contributed by atoms with Crippen LogP contribution in [-0.2, 0) is 30.4 Å². The first-order valence-corrected chi connectivity index (χ1v) is 11.1. The van der Waals surface area contributed by atoms with Crippen molar-refractivity contribution in [2.24, 2.45) is 11.7 Å². The van der Waals surface area contributed by atoms with Crippen LogP contribution >= 0.6 is 0 Å². The van der Waals surface area contributed by atoms with Crippen molar-refractivity contribution in [1.82, 2.24) is 20.9 Å². The van der Waals surface area contributed by atoms with E-state index in [4.69, 9.17) is 15.9 Å². The van der Waals surface area contributed by atoms with Crippen LogP contribution in [0.25, 0.3) is 10.9 Å². The number of aromatic nitrogens is 1. The van der Waals surface area contributed by atoms with Crippen molar-refractivity contribution in [3.63, 3.8) is 0 Å². The minimum Gasteiger partial charge on any atom is -0.481 e. The number of benzene rings is 1. The molecule has 3 amide bonds. The van der Waals surface area contributed by atoms with Gasteiger partial charge in [-0.05, 0) is 30.4 Å². The molecule has 1 aromatic heterocycles. The molecule has 0 saturated carbocycles. The number of rotatable bonds is 13. The van der Waals surface area contributed by atoms with Gasteiger partial charge < -0.3 is 36.9 Å². The van der Waals surface area contributed by atoms with Crippen LogP contribution in [0.2, 0.25) is 0 Å². The summed E-state index contributed by atoms with van der Waals surface area (Å²) in [7, 11) is 0. The molecule has 0 saturated heterocycles. The van der Waals surface area contributed by atoms with E-state index in [1.54, 1.807) is 6.20 Å². The molecule has 12 heteroatoms. The Balaban J connectivity index is 2.09. The molecule has 0 spiro atoms. The molecule has 0 aliphatic carbocycles. The highest BCUT2D eigenvalue weighted by Gasteiger charge is 2.30. The molecule has 8 N–H and O–H groups in total. The number of aromatic amines is 1. The predicted octanol–water partition coefficient (Wildman–Crippen LogP) is -0.271. The first kappa shape index (κ1) is 27.3. The normalized spacial score (nSPS) is 13.6. The second-order valence-electron chi connectivity index (χ2n) is 8.63. The number of carboxylic acids is 2. The Hall–Kier alpha value is -3.93. The molecular weight excluding hydrogens is 458 g/mol. The van der Waals surface area contributed by atoms with Gasteiger partial charge in [-0.25, -0.2) is 0 Å². The fourth-order valence-corrected chi connectivity index (χ4v) is 3.55. The molecule has 0 bridgehead atoms. The zero-order valence-electron chi connectivity index (χ0n) is 19.5. The molecule has 1 heterocycles. The lowest BCUT2D eigenvalue weighted by Gasteiger charge is -2.24. The van der Waals surface area contributed by atoms with Crippen molar-refractivity contribution in [3.05, 3.63) is 36.0 Å². The summed E-state index contributed by atoms with van der Waals surface area (Å²) in [5.41, 5.74) is 7.85. The summed E-state index contributed by atoms with van der Waals surface area (Å²) in [6, 6.07) is 3.97. The number of hydrogen-bond acceptors (Lipinski definition) is 6. The number of carbonyl (C=O) groups is 5. The van der Waals surface area contributed by atoms with Gasteiger partial charge in [0.2, 0.25) is 17.7 Å². The molecule has 3 unspecified atom stereocenters. The van der Waals surface area contributed by atoms with Gasteiger partial charge in [0.25, 0.3) is 0 Å². The van der Waals surface area contributed by atoms with Crippen LogP contribution in [0.1, 0.15) is 32.3 Å². The molecule has 35 heavy (non-hydrogen) atoms. The van der Waals surface area contributed by atoms with E-state index in [0.717, 1.165) is 16.5 Å². The lowest BCUT2D eigenvalue weighted by molar-refractivity contribution is -0.141. The number of nitrogens with one attached hydrogen (secondary N) is 4. The number of carbonyl (C=O) groups excluding carboxylic acids is 3. The Bertz CT molecular complexity index is 1080. The third-order valence-electron chi connectivity index (χ3n) is 5.22. The molecule has 2 aromatic rings. The van der Waals surface area contributed by atoms with Gasteiger partial charge in [0.1, 0.15) is 18.6 Å². The number of carboxylic acid groups (broad SMARTS) is 2. The Kier molecular flexibility index (Phi) is 9.76. The molecule has 190 valence electrons. The fraction of sp³-hybridized carbons (Fsp3) is 0.435. The third-order valence-corrected chi connectivity index (χ3v) is 5.22. The number of fused-ring (bicyclic) bond motifs is 1. The lowest BCUT2D eigenvalue weighted by atomic mass is 10.0. The van der Waals surface area contributed by atoms with E-state index >= 15 is 0 Å². The van der Waals surface area contributed by atoms with Crippen molar-refractivity contribution >= 4 is 40.6 Å². The predicted molar refractivity (Wildman–Crippen MR) is 126 cm³/mol. The van der Waals surface area contributed by atoms with E-state index in [9.17, 15) is 24.0 Å². The van der Waals surface area contributed by atoms with Crippen LogP contribution in [0.3, 0.4) is 0 Å². The molecule has 0 aliphatic heterocycles. The van der Waals surface area contributed by atoms with Gasteiger partial charge in [0.15, 0.2) is 0 Å². The second kappa shape index (κ2) is 12.5. The summed E-state index contributed by atoms with van der Waals surface area (Å²) < 4.78 is 0. The molecule has 0 radical (unpaired) electrons. The van der Waals surface area contributed by atoms with Crippen LogP contribution in [0.15, 0.2) is 30.5 Å². The summed E-state index contributed by atoms with van der Waals surface area (Å²) in [6.45, 7) is 2.92. The molecule has 2 rings (SSSR count). The van der Waals surface area contributed by atoms with Crippen molar-refractivity contribution in [3.8, 4) is 0 Å². The van der Waals surface area contributed by atoms with Crippen LogP contribution in [0, 0.1) is 5.92 Å². The van der Waals surface area contributed by atoms with E-state index in [1.807, 2.05) is 43.4 Å². The van der Waals surface area contributed by atoms with Gasteiger partial charge in [-0.1, -0.05) is 32.0 Å². The summed E-state index contributed by atoms with van der Waals surface area (Å²) in [5.74, 6) is -5.05. The first-order valence-electron chi connectivity index (χ1n) is 11.1. The quantitative estimate of drug-likeness (QED) is 0.199. The van der Waals surface area contributed by atoms with Gasteiger partial charge in [-0.2, -0.15) is 0 Å². The molecule has 0 fully saturated rings. The van der Waals surface area contributed by atoms with E-state index in [2.05, 4.69) is 15.6 Å². The van der Waals surface area contributed by atoms with E-state index < -0.39 is 60.8 Å². The maximum atomic E-state index is 12.9. The zero-order chi connectivity index (χ0) is 26.1. The monoisotopic (exact) mass is 489 g/mol. The number of amides is 3. The van der Waals surface area contributed by atoms with Crippen LogP contribution in [0.4, 0.5) is 0 Å². The molecular formula is C23H31N5O7. The van der Waals surface area contributed by atoms with Crippen LogP contribution < -0.4 is 21.7 Å². The van der Waals surface area contributed by atoms with Crippen LogP contribution in [0.5, 0.6) is 0 Å². The highest BCUT2D eigenvalue weighted by molar-refractivity contribution is 5.95. The third kappa shape index (κ3) is 8.41. The maximum absolute atomic E-state index is 12.9. The smallest absolute Gasteiger partial charge is 0.322 e. The van der Waals surface area contributed by atoms with Gasteiger partial charge >= 0.3 is 11.9 Å². The summed E-state index contributed by atoms with van der Waals surface area (Å²) in [4.78, 5) is 62.9. The number of nitrogens with two attached hydrogens (primary N) is 1. The largest absolute Gasteiger partial charge is 0.481 e. The standard InChI is InChI=1S/C23H31N5O7/c1-12(2)7-17(23(35)28-18(9-19(29)30)22(34)26-11-20(31)32)27-21(33)15(24)8-13-10-25-16-6-4-3-5-14(13)16/h3-6,10,12,15,17-18,25H,7-9,11,24H2,1-2H3,(H,26,34)(H,27,33)(H,28,35)(H,29,30)(H,31,32). The minimum atomic E-state index is -1.52. The summed E-state index contributed by atoms with van der Waals surface area (Å²) >= 11 is 0. The SMILES string of the molecule is CC(C)CC(NC(=O)C(N)Cc1c[nH]c2ccccc12)C(=O)NC(CC(=O)O)C(=O)NCC(=O)O. The zero-order valence-corrected chi connectivity index (χ0v) is 19.5. The molecule has 12 nitrogen and oxygen atoms in total. The van der Waals surface area contributed by atoms with Gasteiger partial charge in [0, 0.05) is 17.1 Å². The average Bonchev–Trinajstić information content (AvgIpc) is 3.18. The average molecular weight is 490 g/mol. The van der Waals surface area contributed by atoms with Crippen molar-refractivity contribution < 1.29 is 34.2 Å². The van der Waals surface area contributed by atoms with E-state index in [1.165, 1.54) is 0 Å². The second-order valence-corrected chi connectivity index (χ2v) is 8.63. The maximum Gasteiger partial charge on any atom is 0.322 e. The fourth-order valence-electron chi connectivity index (χ4n) is 3.55.